The van der Waals surface area contributed by atoms with Gasteiger partial charge in [-0.05, 0) is 36.6 Å². The van der Waals surface area contributed by atoms with Crippen LogP contribution in [0.4, 0.5) is 14.9 Å². The Labute approximate surface area is 157 Å². The van der Waals surface area contributed by atoms with E-state index in [4.69, 9.17) is 0 Å². The number of ketones is 1. The predicted octanol–water partition coefficient (Wildman–Crippen LogP) is 3.57. The number of halogens is 1. The lowest BCUT2D eigenvalue weighted by molar-refractivity contribution is 0.0915. The van der Waals surface area contributed by atoms with Gasteiger partial charge in [0, 0.05) is 42.8 Å². The van der Waals surface area contributed by atoms with Crippen LogP contribution in [0.3, 0.4) is 0 Å². The van der Waals surface area contributed by atoms with Gasteiger partial charge in [0.1, 0.15) is 5.82 Å². The highest BCUT2D eigenvalue weighted by atomic mass is 19.1. The van der Waals surface area contributed by atoms with E-state index in [0.29, 0.717) is 50.1 Å². The molecule has 2 aliphatic rings. The molecule has 2 aromatic carbocycles. The van der Waals surface area contributed by atoms with Gasteiger partial charge in [-0.15, -0.1) is 0 Å². The highest BCUT2D eigenvalue weighted by Gasteiger charge is 2.41. The van der Waals surface area contributed by atoms with E-state index in [2.05, 4.69) is 10.6 Å². The maximum atomic E-state index is 13.4. The molecule has 2 heterocycles. The quantitative estimate of drug-likeness (QED) is 0.853. The average molecular weight is 367 g/mol. The maximum absolute atomic E-state index is 13.4. The summed E-state index contributed by atoms with van der Waals surface area (Å²) < 4.78 is 13.4. The number of carbonyl (C=O) groups is 2. The number of hydrogen-bond donors (Lipinski definition) is 2. The van der Waals surface area contributed by atoms with Crippen LogP contribution in [0.25, 0.3) is 0 Å². The van der Waals surface area contributed by atoms with Crippen LogP contribution in [-0.2, 0) is 6.54 Å². The number of nitrogens with one attached hydrogen (secondary N) is 2. The third-order valence-corrected chi connectivity index (χ3v) is 5.48. The van der Waals surface area contributed by atoms with Crippen molar-refractivity contribution in [1.82, 2.24) is 10.2 Å². The van der Waals surface area contributed by atoms with Crippen LogP contribution in [0, 0.1) is 5.82 Å². The minimum Gasteiger partial charge on any atom is -0.378 e. The van der Waals surface area contributed by atoms with Gasteiger partial charge in [-0.3, -0.25) is 4.79 Å². The minimum atomic E-state index is -0.398. The van der Waals surface area contributed by atoms with E-state index in [0.717, 1.165) is 5.56 Å². The number of anilines is 1. The summed E-state index contributed by atoms with van der Waals surface area (Å²) in [4.78, 5) is 26.7. The molecule has 2 aromatic rings. The second kappa shape index (κ2) is 7.02. The third-order valence-electron chi connectivity index (χ3n) is 5.48. The number of hydrogen-bond acceptors (Lipinski definition) is 3. The molecule has 1 fully saturated rings. The number of rotatable bonds is 2. The number of benzene rings is 2. The van der Waals surface area contributed by atoms with E-state index in [1.54, 1.807) is 11.0 Å². The fourth-order valence-corrected chi connectivity index (χ4v) is 3.91. The molecule has 6 heteroatoms. The van der Waals surface area contributed by atoms with E-state index in [9.17, 15) is 14.0 Å². The topological polar surface area (TPSA) is 61.4 Å². The van der Waals surface area contributed by atoms with Crippen molar-refractivity contribution in [2.45, 2.75) is 31.3 Å². The number of fused-ring (bicyclic) bond motifs is 1. The predicted molar refractivity (Wildman–Crippen MR) is 101 cm³/mol. The van der Waals surface area contributed by atoms with Gasteiger partial charge in [-0.1, -0.05) is 30.3 Å². The summed E-state index contributed by atoms with van der Waals surface area (Å²) in [5.74, 6) is -0.435. The average Bonchev–Trinajstić information content (AvgIpc) is 2.68. The molecule has 2 aliphatic heterocycles. The fraction of sp³-hybridized carbons (Fsp3) is 0.333. The standard InChI is InChI=1S/C21H22FN3O2/c22-16-6-7-18-17(12-16)19(26)13-21(24-18)8-10-25(11-9-21)20(27)23-14-15-4-2-1-3-5-15/h1-7,12,24H,8-11,13-14H2,(H,23,27). The van der Waals surface area contributed by atoms with Crippen LogP contribution in [0.2, 0.25) is 0 Å². The van der Waals surface area contributed by atoms with Gasteiger partial charge in [0.25, 0.3) is 0 Å². The van der Waals surface area contributed by atoms with Gasteiger partial charge in [0.05, 0.1) is 0 Å². The summed E-state index contributed by atoms with van der Waals surface area (Å²) in [6.45, 7) is 1.66. The Morgan fingerprint density at radius 2 is 1.89 bits per heavy atom. The molecule has 0 atom stereocenters. The van der Waals surface area contributed by atoms with Crippen molar-refractivity contribution in [3.05, 3.63) is 65.5 Å². The molecular weight excluding hydrogens is 345 g/mol. The molecule has 0 radical (unpaired) electrons. The Balaban J connectivity index is 1.36. The molecule has 2 amide bonds. The molecule has 0 aliphatic carbocycles. The first kappa shape index (κ1) is 17.5. The zero-order valence-corrected chi connectivity index (χ0v) is 15.0. The number of likely N-dealkylation sites (tertiary alicyclic amines) is 1. The summed E-state index contributed by atoms with van der Waals surface area (Å²) >= 11 is 0. The summed E-state index contributed by atoms with van der Waals surface area (Å²) in [6, 6.07) is 14.0. The zero-order valence-electron chi connectivity index (χ0n) is 15.0. The molecule has 1 saturated heterocycles. The molecule has 2 N–H and O–H groups in total. The Kier molecular flexibility index (Phi) is 4.56. The van der Waals surface area contributed by atoms with E-state index in [1.807, 2.05) is 30.3 Å². The summed E-state index contributed by atoms with van der Waals surface area (Å²) in [5.41, 5.74) is 1.82. The highest BCUT2D eigenvalue weighted by molar-refractivity contribution is 6.04. The van der Waals surface area contributed by atoms with E-state index < -0.39 is 5.82 Å². The number of Topliss-reactive ketones (excluding diaryl/α,β-unsaturated/α-hetero) is 1. The van der Waals surface area contributed by atoms with Gasteiger partial charge >= 0.3 is 6.03 Å². The maximum Gasteiger partial charge on any atom is 0.317 e. The fourth-order valence-electron chi connectivity index (χ4n) is 3.91. The number of urea groups is 1. The van der Waals surface area contributed by atoms with E-state index in [-0.39, 0.29) is 17.4 Å². The molecule has 27 heavy (non-hydrogen) atoms. The Hall–Kier alpha value is -2.89. The van der Waals surface area contributed by atoms with Crippen LogP contribution >= 0.6 is 0 Å². The van der Waals surface area contributed by atoms with Crippen molar-refractivity contribution < 1.29 is 14.0 Å². The van der Waals surface area contributed by atoms with Crippen LogP contribution in [0.15, 0.2) is 48.5 Å². The molecular formula is C21H22FN3O2. The summed E-state index contributed by atoms with van der Waals surface area (Å²) in [7, 11) is 0. The van der Waals surface area contributed by atoms with Crippen molar-refractivity contribution in [1.29, 1.82) is 0 Å². The summed E-state index contributed by atoms with van der Waals surface area (Å²) in [6.07, 6.45) is 1.71. The highest BCUT2D eigenvalue weighted by Crippen LogP contribution is 2.37. The molecule has 0 unspecified atom stereocenters. The minimum absolute atomic E-state index is 0.0368. The SMILES string of the molecule is O=C1CC2(CCN(C(=O)NCc3ccccc3)CC2)Nc2ccc(F)cc21. The first-order valence-electron chi connectivity index (χ1n) is 9.22. The lowest BCUT2D eigenvalue weighted by atomic mass is 9.78. The second-order valence-corrected chi connectivity index (χ2v) is 7.33. The first-order valence-corrected chi connectivity index (χ1v) is 9.22. The van der Waals surface area contributed by atoms with Gasteiger partial charge in [-0.25, -0.2) is 9.18 Å². The normalized spacial score (nSPS) is 18.0. The van der Waals surface area contributed by atoms with Crippen LogP contribution in [0.5, 0.6) is 0 Å². The van der Waals surface area contributed by atoms with Crippen LogP contribution < -0.4 is 10.6 Å². The molecule has 0 bridgehead atoms. The molecule has 1 spiro atoms. The largest absolute Gasteiger partial charge is 0.378 e. The van der Waals surface area contributed by atoms with Crippen molar-refractivity contribution in [3.8, 4) is 0 Å². The van der Waals surface area contributed by atoms with Crippen LogP contribution in [-0.4, -0.2) is 35.3 Å². The van der Waals surface area contributed by atoms with Crippen molar-refractivity contribution in [2.75, 3.05) is 18.4 Å². The Bertz CT molecular complexity index is 861. The number of nitrogens with zero attached hydrogens (tertiary/aromatic N) is 1. The lowest BCUT2D eigenvalue weighted by Gasteiger charge is -2.45. The molecule has 0 saturated carbocycles. The van der Waals surface area contributed by atoms with Gasteiger partial charge in [0.2, 0.25) is 0 Å². The van der Waals surface area contributed by atoms with Gasteiger partial charge in [-0.2, -0.15) is 0 Å². The zero-order chi connectivity index (χ0) is 18.9. The Morgan fingerprint density at radius 3 is 2.63 bits per heavy atom. The number of piperidine rings is 1. The van der Waals surface area contributed by atoms with E-state index >= 15 is 0 Å². The second-order valence-electron chi connectivity index (χ2n) is 7.33. The van der Waals surface area contributed by atoms with Gasteiger partial charge in [0.15, 0.2) is 5.78 Å². The molecule has 0 aromatic heterocycles. The molecule has 4 rings (SSSR count). The van der Waals surface area contributed by atoms with Crippen molar-refractivity contribution in [2.24, 2.45) is 0 Å². The monoisotopic (exact) mass is 367 g/mol. The van der Waals surface area contributed by atoms with Crippen LogP contribution in [0.1, 0.15) is 35.2 Å². The van der Waals surface area contributed by atoms with Gasteiger partial charge < -0.3 is 15.5 Å². The lowest BCUT2D eigenvalue weighted by Crippen LogP contribution is -2.55. The van der Waals surface area contributed by atoms with Crippen molar-refractivity contribution in [3.63, 3.8) is 0 Å². The third kappa shape index (κ3) is 3.65. The number of carbonyl (C=O) groups excluding carboxylic acids is 2. The smallest absolute Gasteiger partial charge is 0.317 e. The summed E-state index contributed by atoms with van der Waals surface area (Å²) in [5, 5.41) is 6.39. The van der Waals surface area contributed by atoms with E-state index in [1.165, 1.54) is 12.1 Å². The van der Waals surface area contributed by atoms with Crippen molar-refractivity contribution >= 4 is 17.5 Å². The molecule has 140 valence electrons. The Morgan fingerprint density at radius 1 is 1.15 bits per heavy atom. The number of amides is 2. The first-order chi connectivity index (χ1) is 13.0. The molecule has 5 nitrogen and oxygen atoms in total.